The average Bonchev–Trinajstić information content (AvgIpc) is 2.97. The lowest BCUT2D eigenvalue weighted by molar-refractivity contribution is -0.125. The number of likely N-dealkylation sites (tertiary alicyclic amines) is 1. The Morgan fingerprint density at radius 2 is 1.91 bits per heavy atom. The van der Waals surface area contributed by atoms with Crippen LogP contribution in [-0.2, 0) is 14.6 Å². The Bertz CT molecular complexity index is 741. The lowest BCUT2D eigenvalue weighted by Gasteiger charge is -2.19. The van der Waals surface area contributed by atoms with Gasteiger partial charge in [-0.2, -0.15) is 0 Å². The largest absolute Gasteiger partial charge is 0.382 e. The Labute approximate surface area is 140 Å². The van der Waals surface area contributed by atoms with Crippen molar-refractivity contribution in [2.24, 2.45) is 0 Å². The summed E-state index contributed by atoms with van der Waals surface area (Å²) in [4.78, 5) is 14.5. The van der Waals surface area contributed by atoms with Crippen molar-refractivity contribution in [3.05, 3.63) is 40.1 Å². The molecule has 126 valence electrons. The highest BCUT2D eigenvalue weighted by Crippen LogP contribution is 2.27. The highest BCUT2D eigenvalue weighted by molar-refractivity contribution is 7.96. The first-order valence-corrected chi connectivity index (χ1v) is 8.97. The van der Waals surface area contributed by atoms with Crippen molar-refractivity contribution < 1.29 is 17.6 Å². The summed E-state index contributed by atoms with van der Waals surface area (Å²) in [6, 6.07) is 3.28. The van der Waals surface area contributed by atoms with Gasteiger partial charge in [0.2, 0.25) is 9.84 Å². The fourth-order valence-electron chi connectivity index (χ4n) is 2.36. The van der Waals surface area contributed by atoms with Crippen molar-refractivity contribution in [3.63, 3.8) is 0 Å². The number of sulfone groups is 1. The predicted octanol–water partition coefficient (Wildman–Crippen LogP) is 2.28. The third-order valence-corrected chi connectivity index (χ3v) is 5.46. The van der Waals surface area contributed by atoms with Gasteiger partial charge in [0, 0.05) is 38.4 Å². The SMILES string of the molecule is CN(C)/C=C(/C(=O)N1CCCC1)S(=O)(=O)c1ccc(Cl)cc1F. The Kier molecular flexibility index (Phi) is 5.31. The first-order chi connectivity index (χ1) is 10.7. The second kappa shape index (κ2) is 6.88. The number of benzene rings is 1. The summed E-state index contributed by atoms with van der Waals surface area (Å²) >= 11 is 5.66. The lowest BCUT2D eigenvalue weighted by atomic mass is 10.3. The Morgan fingerprint density at radius 3 is 2.43 bits per heavy atom. The predicted molar refractivity (Wildman–Crippen MR) is 86.2 cm³/mol. The molecule has 0 N–H and O–H groups in total. The number of nitrogens with zero attached hydrogens (tertiary/aromatic N) is 2. The Morgan fingerprint density at radius 1 is 1.30 bits per heavy atom. The van der Waals surface area contributed by atoms with E-state index < -0.39 is 31.4 Å². The van der Waals surface area contributed by atoms with Crippen molar-refractivity contribution >= 4 is 27.3 Å². The second-order valence-electron chi connectivity index (χ2n) is 5.53. The molecule has 8 heteroatoms. The van der Waals surface area contributed by atoms with Gasteiger partial charge in [0.1, 0.15) is 10.7 Å². The number of amides is 1. The maximum atomic E-state index is 14.1. The normalized spacial score (nSPS) is 15.8. The standard InChI is InChI=1S/C15H18ClFN2O3S/c1-18(2)10-14(15(20)19-7-3-4-8-19)23(21,22)13-6-5-11(16)9-12(13)17/h5-6,9-10H,3-4,7-8H2,1-2H3/b14-10-. The maximum absolute atomic E-state index is 14.1. The van der Waals surface area contributed by atoms with Crippen LogP contribution in [0, 0.1) is 5.82 Å². The van der Waals surface area contributed by atoms with Gasteiger partial charge in [-0.25, -0.2) is 12.8 Å². The van der Waals surface area contributed by atoms with Crippen LogP contribution >= 0.6 is 11.6 Å². The van der Waals surface area contributed by atoms with E-state index >= 15 is 0 Å². The fourth-order valence-corrected chi connectivity index (χ4v) is 4.03. The molecule has 0 aromatic heterocycles. The molecule has 1 amide bonds. The molecular weight excluding hydrogens is 343 g/mol. The smallest absolute Gasteiger partial charge is 0.267 e. The first-order valence-electron chi connectivity index (χ1n) is 7.11. The average molecular weight is 361 g/mol. The maximum Gasteiger partial charge on any atom is 0.267 e. The lowest BCUT2D eigenvalue weighted by Crippen LogP contribution is -2.33. The molecule has 2 rings (SSSR count). The molecule has 1 aliphatic rings. The summed E-state index contributed by atoms with van der Waals surface area (Å²) in [6.45, 7) is 1.00. The molecule has 5 nitrogen and oxygen atoms in total. The molecule has 0 radical (unpaired) electrons. The van der Waals surface area contributed by atoms with Gasteiger partial charge in [0.25, 0.3) is 5.91 Å². The van der Waals surface area contributed by atoms with Crippen LogP contribution in [0.1, 0.15) is 12.8 Å². The van der Waals surface area contributed by atoms with Gasteiger partial charge in [0.05, 0.1) is 0 Å². The van der Waals surface area contributed by atoms with Gasteiger partial charge in [-0.1, -0.05) is 11.6 Å². The van der Waals surface area contributed by atoms with Crippen LogP contribution in [-0.4, -0.2) is 51.3 Å². The summed E-state index contributed by atoms with van der Waals surface area (Å²) in [6.07, 6.45) is 2.87. The minimum Gasteiger partial charge on any atom is -0.382 e. The summed E-state index contributed by atoms with van der Waals surface area (Å²) in [5.74, 6) is -1.58. The van der Waals surface area contributed by atoms with Crippen LogP contribution in [0.2, 0.25) is 5.02 Å². The van der Waals surface area contributed by atoms with Gasteiger partial charge in [-0.05, 0) is 31.0 Å². The zero-order valence-electron chi connectivity index (χ0n) is 12.9. The van der Waals surface area contributed by atoms with E-state index in [4.69, 9.17) is 11.6 Å². The number of hydrogen-bond donors (Lipinski definition) is 0. The van der Waals surface area contributed by atoms with Crippen molar-refractivity contribution in [1.29, 1.82) is 0 Å². The van der Waals surface area contributed by atoms with E-state index in [-0.39, 0.29) is 5.02 Å². The molecule has 0 spiro atoms. The van der Waals surface area contributed by atoms with E-state index in [1.165, 1.54) is 22.1 Å². The van der Waals surface area contributed by atoms with Gasteiger partial charge in [-0.3, -0.25) is 4.79 Å². The molecule has 1 aromatic carbocycles. The van der Waals surface area contributed by atoms with Crippen LogP contribution in [0.5, 0.6) is 0 Å². The second-order valence-corrected chi connectivity index (χ2v) is 7.86. The summed E-state index contributed by atoms with van der Waals surface area (Å²) in [7, 11) is -1.08. The molecule has 1 fully saturated rings. The molecule has 0 unspecified atom stereocenters. The van der Waals surface area contributed by atoms with Crippen LogP contribution < -0.4 is 0 Å². The molecule has 0 bridgehead atoms. The molecule has 1 aromatic rings. The molecule has 23 heavy (non-hydrogen) atoms. The Balaban J connectivity index is 2.51. The number of hydrogen-bond acceptors (Lipinski definition) is 4. The van der Waals surface area contributed by atoms with Crippen molar-refractivity contribution in [2.75, 3.05) is 27.2 Å². The zero-order valence-corrected chi connectivity index (χ0v) is 14.5. The van der Waals surface area contributed by atoms with E-state index in [9.17, 15) is 17.6 Å². The van der Waals surface area contributed by atoms with Crippen LogP contribution in [0.3, 0.4) is 0 Å². The number of rotatable bonds is 4. The Hall–Kier alpha value is -1.60. The minimum atomic E-state index is -4.29. The van der Waals surface area contributed by atoms with Gasteiger partial charge in [-0.15, -0.1) is 0 Å². The summed E-state index contributed by atoms with van der Waals surface area (Å²) in [5, 5.41) is 0.0884. The van der Waals surface area contributed by atoms with E-state index in [0.29, 0.717) is 13.1 Å². The third kappa shape index (κ3) is 3.84. The first kappa shape index (κ1) is 17.7. The van der Waals surface area contributed by atoms with Gasteiger partial charge < -0.3 is 9.80 Å². The van der Waals surface area contributed by atoms with Crippen LogP contribution in [0.4, 0.5) is 4.39 Å². The van der Waals surface area contributed by atoms with Crippen molar-refractivity contribution in [2.45, 2.75) is 17.7 Å². The van der Waals surface area contributed by atoms with Crippen molar-refractivity contribution in [3.8, 4) is 0 Å². The fraction of sp³-hybridized carbons (Fsp3) is 0.400. The van der Waals surface area contributed by atoms with E-state index in [1.807, 2.05) is 0 Å². The molecule has 0 aliphatic carbocycles. The monoisotopic (exact) mass is 360 g/mol. The van der Waals surface area contributed by atoms with Gasteiger partial charge in [0.15, 0.2) is 4.91 Å². The molecule has 0 atom stereocenters. The zero-order chi connectivity index (χ0) is 17.2. The summed E-state index contributed by atoms with van der Waals surface area (Å²) in [5.41, 5.74) is 0. The minimum absolute atomic E-state index is 0.0884. The van der Waals surface area contributed by atoms with Gasteiger partial charge >= 0.3 is 0 Å². The number of carbonyl (C=O) groups is 1. The van der Waals surface area contributed by atoms with E-state index in [1.54, 1.807) is 14.1 Å². The number of halogens is 2. The van der Waals surface area contributed by atoms with E-state index in [0.717, 1.165) is 25.0 Å². The number of carbonyl (C=O) groups excluding carboxylic acids is 1. The van der Waals surface area contributed by atoms with Crippen LogP contribution in [0.25, 0.3) is 0 Å². The molecule has 1 saturated heterocycles. The summed E-state index contributed by atoms with van der Waals surface area (Å²) < 4.78 is 39.6. The highest BCUT2D eigenvalue weighted by atomic mass is 35.5. The molecule has 1 aliphatic heterocycles. The van der Waals surface area contributed by atoms with Crippen LogP contribution in [0.15, 0.2) is 34.2 Å². The third-order valence-electron chi connectivity index (χ3n) is 3.45. The highest BCUT2D eigenvalue weighted by Gasteiger charge is 2.33. The molecule has 0 saturated carbocycles. The van der Waals surface area contributed by atoms with E-state index in [2.05, 4.69) is 0 Å². The molecule has 1 heterocycles. The van der Waals surface area contributed by atoms with Crippen molar-refractivity contribution in [1.82, 2.24) is 9.80 Å². The quantitative estimate of drug-likeness (QED) is 0.773. The topological polar surface area (TPSA) is 57.7 Å². The molecular formula is C15H18ClFN2O3S.